The average Bonchev–Trinajstić information content (AvgIpc) is 3.10. The lowest BCUT2D eigenvalue weighted by atomic mass is 10.2. The molecule has 6 heteroatoms. The number of para-hydroxylation sites is 1. The van der Waals surface area contributed by atoms with Crippen molar-refractivity contribution in [2.45, 2.75) is 39.7 Å². The molecule has 0 saturated heterocycles. The van der Waals surface area contributed by atoms with E-state index in [4.69, 9.17) is 15.9 Å². The molecule has 0 unspecified atom stereocenters. The highest BCUT2D eigenvalue weighted by molar-refractivity contribution is 7.16. The maximum atomic E-state index is 12.8. The third-order valence-electron chi connectivity index (χ3n) is 4.53. The number of amides is 1. The zero-order valence-corrected chi connectivity index (χ0v) is 18.2. The highest BCUT2D eigenvalue weighted by Crippen LogP contribution is 2.27. The summed E-state index contributed by atoms with van der Waals surface area (Å²) in [6.45, 7) is 5.62. The molecule has 3 rings (SSSR count). The van der Waals surface area contributed by atoms with Crippen LogP contribution < -0.4 is 14.3 Å². The summed E-state index contributed by atoms with van der Waals surface area (Å²) in [5.41, 5.74) is 1.37. The summed E-state index contributed by atoms with van der Waals surface area (Å²) in [6.07, 6.45) is 8.90. The van der Waals surface area contributed by atoms with E-state index in [2.05, 4.69) is 17.8 Å². The normalized spacial score (nSPS) is 11.4. The monoisotopic (exact) mass is 422 g/mol. The molecular weight excluding hydrogens is 396 g/mol. The number of thiazole rings is 1. The quantitative estimate of drug-likeness (QED) is 0.358. The van der Waals surface area contributed by atoms with Crippen LogP contribution in [0.3, 0.4) is 0 Å². The number of aromatic nitrogens is 1. The number of hydrogen-bond donors (Lipinski definition) is 0. The number of ether oxygens (including phenoxy) is 2. The highest BCUT2D eigenvalue weighted by Gasteiger charge is 2.13. The molecule has 0 aliphatic carbocycles. The molecule has 0 saturated carbocycles. The molecule has 1 aromatic heterocycles. The fraction of sp³-hybridized carbons (Fsp3) is 0.333. The molecule has 156 valence electrons. The number of terminal acetylenes is 1. The number of rotatable bonds is 9. The van der Waals surface area contributed by atoms with Crippen molar-refractivity contribution >= 4 is 27.5 Å². The van der Waals surface area contributed by atoms with Gasteiger partial charge in [0.1, 0.15) is 17.0 Å². The second kappa shape index (κ2) is 10.7. The van der Waals surface area contributed by atoms with Crippen LogP contribution in [0.2, 0.25) is 0 Å². The molecule has 0 bridgehead atoms. The first-order valence-electron chi connectivity index (χ1n) is 10.2. The summed E-state index contributed by atoms with van der Waals surface area (Å²) < 4.78 is 14.3. The molecule has 1 heterocycles. The zero-order valence-electron chi connectivity index (χ0n) is 17.4. The lowest BCUT2D eigenvalue weighted by Gasteiger charge is -2.07. The van der Waals surface area contributed by atoms with Gasteiger partial charge in [0.2, 0.25) is 0 Å². The number of hydrogen-bond acceptors (Lipinski definition) is 4. The molecule has 0 N–H and O–H groups in total. The highest BCUT2D eigenvalue weighted by atomic mass is 32.1. The third kappa shape index (κ3) is 5.11. The van der Waals surface area contributed by atoms with Gasteiger partial charge in [-0.25, -0.2) is 0 Å². The van der Waals surface area contributed by atoms with Gasteiger partial charge in [0.15, 0.2) is 4.80 Å². The summed E-state index contributed by atoms with van der Waals surface area (Å²) in [4.78, 5) is 17.7. The van der Waals surface area contributed by atoms with E-state index in [1.54, 1.807) is 12.1 Å². The number of fused-ring (bicyclic) bond motifs is 1. The van der Waals surface area contributed by atoms with Crippen LogP contribution in [0.5, 0.6) is 11.5 Å². The molecule has 0 atom stereocenters. The van der Waals surface area contributed by atoms with E-state index >= 15 is 0 Å². The van der Waals surface area contributed by atoms with Crippen LogP contribution >= 0.6 is 11.3 Å². The molecule has 0 aliphatic heterocycles. The van der Waals surface area contributed by atoms with Gasteiger partial charge < -0.3 is 14.0 Å². The summed E-state index contributed by atoms with van der Waals surface area (Å²) in [5.74, 6) is 3.82. The van der Waals surface area contributed by atoms with Crippen molar-refractivity contribution in [3.8, 4) is 23.8 Å². The first-order chi connectivity index (χ1) is 14.7. The smallest absolute Gasteiger partial charge is 0.279 e. The van der Waals surface area contributed by atoms with E-state index in [9.17, 15) is 4.79 Å². The lowest BCUT2D eigenvalue weighted by Crippen LogP contribution is -2.17. The molecule has 0 spiro atoms. The van der Waals surface area contributed by atoms with E-state index in [-0.39, 0.29) is 5.91 Å². The van der Waals surface area contributed by atoms with Gasteiger partial charge in [0.05, 0.1) is 24.5 Å². The molecule has 0 fully saturated rings. The fourth-order valence-corrected chi connectivity index (χ4v) is 4.13. The predicted octanol–water partition coefficient (Wildman–Crippen LogP) is 5.04. The van der Waals surface area contributed by atoms with Crippen molar-refractivity contribution < 1.29 is 14.3 Å². The first kappa shape index (κ1) is 21.7. The lowest BCUT2D eigenvalue weighted by molar-refractivity contribution is 0.0998. The molecule has 3 aromatic rings. The first-order valence-corrected chi connectivity index (χ1v) is 11.0. The molecule has 30 heavy (non-hydrogen) atoms. The van der Waals surface area contributed by atoms with Crippen LogP contribution in [-0.2, 0) is 6.54 Å². The van der Waals surface area contributed by atoms with Crippen molar-refractivity contribution in [3.63, 3.8) is 0 Å². The van der Waals surface area contributed by atoms with Crippen LogP contribution in [0.15, 0.2) is 47.5 Å². The Hall–Kier alpha value is -3.04. The molecule has 0 radical (unpaired) electrons. The van der Waals surface area contributed by atoms with Crippen molar-refractivity contribution in [2.75, 3.05) is 13.2 Å². The topological polar surface area (TPSA) is 52.8 Å². The standard InChI is InChI=1S/C24H26N2O3S/c1-4-7-8-17-29-19-14-12-18(13-15-19)23(27)25-24-26(16-5-2)22-20(28-6-3)10-9-11-21(22)30-24/h2,9-15H,4,6-8,16-17H2,1,3H3. The van der Waals surface area contributed by atoms with Gasteiger partial charge in [-0.3, -0.25) is 4.79 Å². The van der Waals surface area contributed by atoms with Crippen LogP contribution in [0.1, 0.15) is 43.5 Å². The predicted molar refractivity (Wildman–Crippen MR) is 121 cm³/mol. The van der Waals surface area contributed by atoms with E-state index in [1.807, 2.05) is 41.8 Å². The summed E-state index contributed by atoms with van der Waals surface area (Å²) in [7, 11) is 0. The van der Waals surface area contributed by atoms with E-state index < -0.39 is 0 Å². The Balaban J connectivity index is 1.89. The molecule has 0 aliphatic rings. The van der Waals surface area contributed by atoms with Gasteiger partial charge in [-0.1, -0.05) is 43.1 Å². The van der Waals surface area contributed by atoms with Crippen molar-refractivity contribution in [2.24, 2.45) is 4.99 Å². The Bertz CT molecular complexity index is 1100. The van der Waals surface area contributed by atoms with Crippen LogP contribution in [-0.4, -0.2) is 23.7 Å². The third-order valence-corrected chi connectivity index (χ3v) is 5.57. The minimum atomic E-state index is -0.317. The Morgan fingerprint density at radius 1 is 1.13 bits per heavy atom. The van der Waals surface area contributed by atoms with Gasteiger partial charge >= 0.3 is 0 Å². The number of nitrogens with zero attached hydrogens (tertiary/aromatic N) is 2. The zero-order chi connectivity index (χ0) is 21.3. The van der Waals surface area contributed by atoms with Gasteiger partial charge in [0.25, 0.3) is 5.91 Å². The van der Waals surface area contributed by atoms with E-state index in [1.165, 1.54) is 11.3 Å². The Kier molecular flexibility index (Phi) is 7.69. The summed E-state index contributed by atoms with van der Waals surface area (Å²) in [6, 6.07) is 12.9. The second-order valence-electron chi connectivity index (χ2n) is 6.71. The van der Waals surface area contributed by atoms with Crippen molar-refractivity contribution in [3.05, 3.63) is 52.8 Å². The van der Waals surface area contributed by atoms with Gasteiger partial charge in [0, 0.05) is 5.56 Å². The summed E-state index contributed by atoms with van der Waals surface area (Å²) >= 11 is 1.42. The van der Waals surface area contributed by atoms with E-state index in [0.29, 0.717) is 30.1 Å². The number of carbonyl (C=O) groups is 1. The average molecular weight is 423 g/mol. The van der Waals surface area contributed by atoms with Crippen LogP contribution in [0.4, 0.5) is 0 Å². The maximum Gasteiger partial charge on any atom is 0.279 e. The van der Waals surface area contributed by atoms with Crippen LogP contribution in [0.25, 0.3) is 10.2 Å². The SMILES string of the molecule is C#CCn1c(=NC(=O)c2ccc(OCCCCC)cc2)sc2cccc(OCC)c21. The Morgan fingerprint density at radius 2 is 1.93 bits per heavy atom. The Morgan fingerprint density at radius 3 is 2.63 bits per heavy atom. The Labute approximate surface area is 181 Å². The number of unbranched alkanes of at least 4 members (excludes halogenated alkanes) is 2. The fourth-order valence-electron chi connectivity index (χ4n) is 3.08. The van der Waals surface area contributed by atoms with Gasteiger partial charge in [-0.15, -0.1) is 6.42 Å². The van der Waals surface area contributed by atoms with Crippen LogP contribution in [0, 0.1) is 12.3 Å². The molecule has 1 amide bonds. The van der Waals surface area contributed by atoms with Gasteiger partial charge in [-0.2, -0.15) is 4.99 Å². The van der Waals surface area contributed by atoms with Crippen molar-refractivity contribution in [1.82, 2.24) is 4.57 Å². The number of benzene rings is 2. The number of carbonyl (C=O) groups excluding carboxylic acids is 1. The maximum absolute atomic E-state index is 12.8. The van der Waals surface area contributed by atoms with Gasteiger partial charge in [-0.05, 0) is 49.7 Å². The minimum Gasteiger partial charge on any atom is -0.494 e. The molecular formula is C24H26N2O3S. The minimum absolute atomic E-state index is 0.306. The molecule has 5 nitrogen and oxygen atoms in total. The van der Waals surface area contributed by atoms with E-state index in [0.717, 1.165) is 41.0 Å². The largest absolute Gasteiger partial charge is 0.494 e. The van der Waals surface area contributed by atoms with Crippen molar-refractivity contribution in [1.29, 1.82) is 0 Å². The molecule has 2 aromatic carbocycles. The summed E-state index contributed by atoms with van der Waals surface area (Å²) in [5, 5.41) is 0. The second-order valence-corrected chi connectivity index (χ2v) is 7.72.